The molecule has 2 aromatic rings. The molecule has 0 atom stereocenters. The molecule has 0 radical (unpaired) electrons. The number of hydrogen-bond donors (Lipinski definition) is 1. The van der Waals surface area contributed by atoms with Crippen LogP contribution < -0.4 is 5.73 Å². The van der Waals surface area contributed by atoms with Crippen molar-refractivity contribution in [1.82, 2.24) is 14.4 Å². The van der Waals surface area contributed by atoms with Crippen molar-refractivity contribution in [2.24, 2.45) is 0 Å². The Kier molecular flexibility index (Phi) is 1.45. The fraction of sp³-hybridized carbons (Fsp3) is 0. The summed E-state index contributed by atoms with van der Waals surface area (Å²) in [4.78, 5) is 7.88. The highest BCUT2D eigenvalue weighted by Gasteiger charge is 1.99. The number of anilines is 1. The van der Waals surface area contributed by atoms with Crippen molar-refractivity contribution >= 4 is 34.2 Å². The fourth-order valence-corrected chi connectivity index (χ4v) is 1.47. The van der Waals surface area contributed by atoms with Crippen LogP contribution in [-0.4, -0.2) is 14.4 Å². The number of aromatic nitrogens is 3. The van der Waals surface area contributed by atoms with Gasteiger partial charge in [0.05, 0.1) is 0 Å². The van der Waals surface area contributed by atoms with E-state index < -0.39 is 0 Å². The Morgan fingerprint density at radius 3 is 3.00 bits per heavy atom. The SMILES string of the molecule is Nc1ncnc2cc(I)cn12. The molecule has 0 spiro atoms. The monoisotopic (exact) mass is 260 g/mol. The summed E-state index contributed by atoms with van der Waals surface area (Å²) in [5, 5.41) is 0. The van der Waals surface area contributed by atoms with Crippen LogP contribution in [0.1, 0.15) is 0 Å². The summed E-state index contributed by atoms with van der Waals surface area (Å²) >= 11 is 2.21. The summed E-state index contributed by atoms with van der Waals surface area (Å²) in [5.74, 6) is 0.470. The van der Waals surface area contributed by atoms with Gasteiger partial charge in [0, 0.05) is 9.77 Å². The van der Waals surface area contributed by atoms with E-state index in [1.54, 1.807) is 4.40 Å². The molecule has 0 fully saturated rings. The predicted octanol–water partition coefficient (Wildman–Crippen LogP) is 0.916. The summed E-state index contributed by atoms with van der Waals surface area (Å²) < 4.78 is 2.86. The van der Waals surface area contributed by atoms with Gasteiger partial charge in [0.25, 0.3) is 0 Å². The Bertz CT molecular complexity index is 394. The highest BCUT2D eigenvalue weighted by molar-refractivity contribution is 14.1. The van der Waals surface area contributed by atoms with Crippen molar-refractivity contribution in [3.8, 4) is 0 Å². The number of hydrogen-bond acceptors (Lipinski definition) is 3. The van der Waals surface area contributed by atoms with Crippen molar-refractivity contribution in [2.45, 2.75) is 0 Å². The number of nitrogen functional groups attached to an aromatic ring is 1. The van der Waals surface area contributed by atoms with Crippen LogP contribution in [-0.2, 0) is 0 Å². The van der Waals surface area contributed by atoms with Crippen LogP contribution in [0.25, 0.3) is 5.65 Å². The molecule has 0 unspecified atom stereocenters. The number of halogens is 1. The van der Waals surface area contributed by atoms with Gasteiger partial charge in [-0.3, -0.25) is 4.40 Å². The molecule has 0 amide bonds. The average Bonchev–Trinajstić information content (AvgIpc) is 2.31. The van der Waals surface area contributed by atoms with Gasteiger partial charge in [-0.05, 0) is 28.7 Å². The molecule has 0 aliphatic rings. The van der Waals surface area contributed by atoms with E-state index in [2.05, 4.69) is 32.6 Å². The molecular weight excluding hydrogens is 255 g/mol. The molecule has 2 heterocycles. The lowest BCUT2D eigenvalue weighted by Gasteiger charge is -1.94. The summed E-state index contributed by atoms with van der Waals surface area (Å²) in [6, 6.07) is 1.94. The van der Waals surface area contributed by atoms with Crippen LogP contribution in [0.3, 0.4) is 0 Å². The molecule has 0 aromatic carbocycles. The molecule has 2 N–H and O–H groups in total. The first-order valence-corrected chi connectivity index (χ1v) is 4.09. The Morgan fingerprint density at radius 1 is 1.45 bits per heavy atom. The van der Waals surface area contributed by atoms with Crippen LogP contribution >= 0.6 is 22.6 Å². The van der Waals surface area contributed by atoms with Gasteiger partial charge in [-0.1, -0.05) is 0 Å². The Hall–Kier alpha value is -0.850. The second-order valence-electron chi connectivity index (χ2n) is 2.12. The molecule has 0 saturated carbocycles. The fourth-order valence-electron chi connectivity index (χ4n) is 0.912. The van der Waals surface area contributed by atoms with Crippen molar-refractivity contribution in [1.29, 1.82) is 0 Å². The van der Waals surface area contributed by atoms with Crippen LogP contribution in [0.4, 0.5) is 5.95 Å². The lowest BCUT2D eigenvalue weighted by atomic mass is 10.6. The van der Waals surface area contributed by atoms with E-state index >= 15 is 0 Å². The topological polar surface area (TPSA) is 56.2 Å². The summed E-state index contributed by atoms with van der Waals surface area (Å²) in [6.45, 7) is 0. The molecule has 0 saturated heterocycles. The lowest BCUT2D eigenvalue weighted by Crippen LogP contribution is -1.99. The molecule has 0 aliphatic heterocycles. The normalized spacial score (nSPS) is 10.6. The van der Waals surface area contributed by atoms with Gasteiger partial charge in [0.15, 0.2) is 0 Å². The van der Waals surface area contributed by atoms with Crippen molar-refractivity contribution in [3.05, 3.63) is 22.2 Å². The number of rotatable bonds is 0. The van der Waals surface area contributed by atoms with Gasteiger partial charge in [0.2, 0.25) is 5.95 Å². The van der Waals surface area contributed by atoms with Gasteiger partial charge in [-0.15, -0.1) is 0 Å². The van der Waals surface area contributed by atoms with E-state index in [1.807, 2.05) is 12.3 Å². The van der Waals surface area contributed by atoms with Crippen molar-refractivity contribution in [2.75, 3.05) is 5.73 Å². The summed E-state index contributed by atoms with van der Waals surface area (Å²) in [6.07, 6.45) is 3.35. The summed E-state index contributed by atoms with van der Waals surface area (Å²) in [5.41, 5.74) is 6.41. The quantitative estimate of drug-likeness (QED) is 0.716. The van der Waals surface area contributed by atoms with E-state index in [9.17, 15) is 0 Å². The zero-order valence-electron chi connectivity index (χ0n) is 5.53. The highest BCUT2D eigenvalue weighted by atomic mass is 127. The van der Waals surface area contributed by atoms with Crippen LogP contribution in [0.2, 0.25) is 0 Å². The van der Waals surface area contributed by atoms with Gasteiger partial charge in [-0.2, -0.15) is 0 Å². The number of nitrogens with two attached hydrogens (primary N) is 1. The molecule has 0 aliphatic carbocycles. The first kappa shape index (κ1) is 6.84. The third kappa shape index (κ3) is 1.05. The average molecular weight is 260 g/mol. The second-order valence-corrected chi connectivity index (χ2v) is 3.36. The smallest absolute Gasteiger partial charge is 0.207 e. The molecular formula is C6H5IN4. The maximum atomic E-state index is 5.58. The van der Waals surface area contributed by atoms with Crippen molar-refractivity contribution < 1.29 is 0 Å². The number of fused-ring (bicyclic) bond motifs is 1. The molecule has 11 heavy (non-hydrogen) atoms. The van der Waals surface area contributed by atoms with E-state index in [4.69, 9.17) is 5.73 Å². The highest BCUT2D eigenvalue weighted by Crippen LogP contribution is 2.11. The minimum absolute atomic E-state index is 0.470. The van der Waals surface area contributed by atoms with Gasteiger partial charge >= 0.3 is 0 Å². The second kappa shape index (κ2) is 2.33. The van der Waals surface area contributed by atoms with Gasteiger partial charge in [-0.25, -0.2) is 9.97 Å². The van der Waals surface area contributed by atoms with Gasteiger partial charge < -0.3 is 5.73 Å². The largest absolute Gasteiger partial charge is 0.369 e. The minimum atomic E-state index is 0.470. The number of nitrogens with zero attached hydrogens (tertiary/aromatic N) is 3. The molecule has 0 bridgehead atoms. The standard InChI is InChI=1S/C6H5IN4/c7-4-1-5-9-3-10-6(8)11(5)2-4/h1-3H,(H2,8,9,10). The van der Waals surface area contributed by atoms with Crippen LogP contribution in [0, 0.1) is 3.57 Å². The summed E-state index contributed by atoms with van der Waals surface area (Å²) in [7, 11) is 0. The zero-order valence-corrected chi connectivity index (χ0v) is 7.69. The van der Waals surface area contributed by atoms with E-state index in [-0.39, 0.29) is 0 Å². The molecule has 56 valence electrons. The maximum absolute atomic E-state index is 5.58. The lowest BCUT2D eigenvalue weighted by molar-refractivity contribution is 1.04. The zero-order chi connectivity index (χ0) is 7.84. The Balaban J connectivity index is 2.90. The third-order valence-electron chi connectivity index (χ3n) is 1.39. The molecule has 2 aromatic heterocycles. The third-order valence-corrected chi connectivity index (χ3v) is 1.98. The van der Waals surface area contributed by atoms with Crippen LogP contribution in [0.5, 0.6) is 0 Å². The van der Waals surface area contributed by atoms with E-state index in [0.717, 1.165) is 9.22 Å². The Labute approximate surface area is 76.6 Å². The van der Waals surface area contributed by atoms with Crippen molar-refractivity contribution in [3.63, 3.8) is 0 Å². The maximum Gasteiger partial charge on any atom is 0.207 e. The molecule has 2 rings (SSSR count). The van der Waals surface area contributed by atoms with E-state index in [0.29, 0.717) is 5.95 Å². The first-order chi connectivity index (χ1) is 5.27. The molecule has 5 heteroatoms. The Morgan fingerprint density at radius 2 is 2.27 bits per heavy atom. The van der Waals surface area contributed by atoms with Crippen LogP contribution in [0.15, 0.2) is 18.6 Å². The minimum Gasteiger partial charge on any atom is -0.369 e. The first-order valence-electron chi connectivity index (χ1n) is 3.01. The predicted molar refractivity (Wildman–Crippen MR) is 50.1 cm³/mol. The van der Waals surface area contributed by atoms with Gasteiger partial charge in [0.1, 0.15) is 12.0 Å². The molecule has 4 nitrogen and oxygen atoms in total. The van der Waals surface area contributed by atoms with E-state index in [1.165, 1.54) is 6.33 Å².